The van der Waals surface area contributed by atoms with Crippen LogP contribution in [0.2, 0.25) is 0 Å². The number of halogens is 1. The zero-order chi connectivity index (χ0) is 13.8. The third-order valence-corrected chi connectivity index (χ3v) is 3.29. The average Bonchev–Trinajstić information content (AvgIpc) is 2.46. The van der Waals surface area contributed by atoms with Crippen LogP contribution in [0.4, 0.5) is 5.69 Å². The quantitative estimate of drug-likeness (QED) is 0.850. The van der Waals surface area contributed by atoms with Crippen LogP contribution >= 0.6 is 15.9 Å². The van der Waals surface area contributed by atoms with E-state index in [1.54, 1.807) is 43.4 Å². The molecule has 19 heavy (non-hydrogen) atoms. The molecule has 0 bridgehead atoms. The molecule has 0 N–H and O–H groups in total. The first-order valence-corrected chi connectivity index (χ1v) is 6.45. The van der Waals surface area contributed by atoms with Crippen LogP contribution in [0, 0.1) is 11.3 Å². The lowest BCUT2D eigenvalue weighted by Gasteiger charge is -2.17. The van der Waals surface area contributed by atoms with Crippen molar-refractivity contribution in [2.45, 2.75) is 0 Å². The zero-order valence-electron chi connectivity index (χ0n) is 10.3. The van der Waals surface area contributed by atoms with Gasteiger partial charge < -0.3 is 4.90 Å². The number of nitriles is 1. The second-order valence-electron chi connectivity index (χ2n) is 4.03. The van der Waals surface area contributed by atoms with E-state index >= 15 is 0 Å². The van der Waals surface area contributed by atoms with Gasteiger partial charge in [0, 0.05) is 22.8 Å². The van der Waals surface area contributed by atoms with Crippen LogP contribution in [0.15, 0.2) is 53.0 Å². The summed E-state index contributed by atoms with van der Waals surface area (Å²) >= 11 is 3.33. The summed E-state index contributed by atoms with van der Waals surface area (Å²) < 4.78 is 0.929. The van der Waals surface area contributed by atoms with Gasteiger partial charge in [-0.3, -0.25) is 4.79 Å². The second kappa shape index (κ2) is 5.68. The first-order valence-electron chi connectivity index (χ1n) is 5.65. The van der Waals surface area contributed by atoms with Crippen molar-refractivity contribution in [3.8, 4) is 6.07 Å². The Labute approximate surface area is 120 Å². The van der Waals surface area contributed by atoms with Crippen molar-refractivity contribution in [3.63, 3.8) is 0 Å². The van der Waals surface area contributed by atoms with Gasteiger partial charge in [-0.1, -0.05) is 22.0 Å². The summed E-state index contributed by atoms with van der Waals surface area (Å²) in [6.45, 7) is 0. The van der Waals surface area contributed by atoms with Gasteiger partial charge in [0.1, 0.15) is 0 Å². The number of hydrogen-bond donors (Lipinski definition) is 0. The van der Waals surface area contributed by atoms with Gasteiger partial charge in [-0.2, -0.15) is 5.26 Å². The molecular weight excluding hydrogens is 304 g/mol. The molecule has 0 aliphatic rings. The molecule has 0 unspecified atom stereocenters. The van der Waals surface area contributed by atoms with Crippen LogP contribution < -0.4 is 4.90 Å². The Balaban J connectivity index is 2.28. The fourth-order valence-electron chi connectivity index (χ4n) is 1.69. The maximum atomic E-state index is 12.3. The van der Waals surface area contributed by atoms with Crippen molar-refractivity contribution < 1.29 is 4.79 Å². The lowest BCUT2D eigenvalue weighted by atomic mass is 10.1. The van der Waals surface area contributed by atoms with E-state index < -0.39 is 0 Å². The van der Waals surface area contributed by atoms with Gasteiger partial charge in [0.25, 0.3) is 5.91 Å². The Hall–Kier alpha value is -2.12. The van der Waals surface area contributed by atoms with E-state index in [9.17, 15) is 4.79 Å². The molecule has 94 valence electrons. The predicted molar refractivity (Wildman–Crippen MR) is 78.0 cm³/mol. The van der Waals surface area contributed by atoms with Crippen molar-refractivity contribution in [2.75, 3.05) is 11.9 Å². The summed E-state index contributed by atoms with van der Waals surface area (Å²) in [7, 11) is 1.70. The molecule has 0 spiro atoms. The van der Waals surface area contributed by atoms with Crippen LogP contribution in [0.3, 0.4) is 0 Å². The van der Waals surface area contributed by atoms with Crippen molar-refractivity contribution in [1.82, 2.24) is 0 Å². The van der Waals surface area contributed by atoms with Gasteiger partial charge in [-0.25, -0.2) is 0 Å². The standard InChI is InChI=1S/C15H11BrN2O/c1-18(14-4-2-3-11(9-14)10-17)15(19)12-5-7-13(16)8-6-12/h2-9H,1H3. The molecule has 2 aromatic rings. The minimum Gasteiger partial charge on any atom is -0.311 e. The number of carbonyl (C=O) groups excluding carboxylic acids is 1. The first kappa shape index (κ1) is 13.3. The first-order chi connectivity index (χ1) is 9.11. The molecule has 0 aliphatic carbocycles. The van der Waals surface area contributed by atoms with Gasteiger partial charge in [0.2, 0.25) is 0 Å². The minimum absolute atomic E-state index is 0.109. The van der Waals surface area contributed by atoms with Gasteiger partial charge in [-0.05, 0) is 42.5 Å². The summed E-state index contributed by atoms with van der Waals surface area (Å²) in [5.41, 5.74) is 1.84. The van der Waals surface area contributed by atoms with E-state index in [2.05, 4.69) is 22.0 Å². The van der Waals surface area contributed by atoms with Crippen LogP contribution in [0.25, 0.3) is 0 Å². The number of carbonyl (C=O) groups is 1. The van der Waals surface area contributed by atoms with Gasteiger partial charge >= 0.3 is 0 Å². The van der Waals surface area contributed by atoms with Gasteiger partial charge in [0.05, 0.1) is 11.6 Å². The Morgan fingerprint density at radius 2 is 1.89 bits per heavy atom. The lowest BCUT2D eigenvalue weighted by Crippen LogP contribution is -2.26. The SMILES string of the molecule is CN(C(=O)c1ccc(Br)cc1)c1cccc(C#N)c1. The molecule has 1 amide bonds. The molecule has 0 atom stereocenters. The molecule has 0 fully saturated rings. The number of benzene rings is 2. The Kier molecular flexibility index (Phi) is 3.98. The molecule has 0 heterocycles. The molecule has 0 radical (unpaired) electrons. The molecular formula is C15H11BrN2O. The second-order valence-corrected chi connectivity index (χ2v) is 4.95. The third kappa shape index (κ3) is 3.01. The average molecular weight is 315 g/mol. The summed E-state index contributed by atoms with van der Waals surface area (Å²) in [5.74, 6) is -0.109. The molecule has 3 nitrogen and oxygen atoms in total. The van der Waals surface area contributed by atoms with Gasteiger partial charge in [-0.15, -0.1) is 0 Å². The molecule has 4 heteroatoms. The largest absolute Gasteiger partial charge is 0.311 e. The van der Waals surface area contributed by atoms with Crippen molar-refractivity contribution in [2.24, 2.45) is 0 Å². The summed E-state index contributed by atoms with van der Waals surface area (Å²) in [6.07, 6.45) is 0. The highest BCUT2D eigenvalue weighted by molar-refractivity contribution is 9.10. The van der Waals surface area contributed by atoms with E-state index in [4.69, 9.17) is 5.26 Å². The summed E-state index contributed by atoms with van der Waals surface area (Å²) in [6, 6.07) is 16.2. The molecule has 0 aliphatic heterocycles. The highest BCUT2D eigenvalue weighted by Gasteiger charge is 2.13. The summed E-state index contributed by atoms with van der Waals surface area (Å²) in [5, 5.41) is 8.87. The number of amides is 1. The maximum absolute atomic E-state index is 12.3. The smallest absolute Gasteiger partial charge is 0.258 e. The molecule has 0 saturated heterocycles. The highest BCUT2D eigenvalue weighted by atomic mass is 79.9. The predicted octanol–water partition coefficient (Wildman–Crippen LogP) is 3.60. The lowest BCUT2D eigenvalue weighted by molar-refractivity contribution is 0.0993. The molecule has 0 saturated carbocycles. The van der Waals surface area contributed by atoms with Crippen molar-refractivity contribution in [1.29, 1.82) is 5.26 Å². The Morgan fingerprint density at radius 1 is 1.21 bits per heavy atom. The van der Waals surface area contributed by atoms with E-state index in [1.165, 1.54) is 4.90 Å². The highest BCUT2D eigenvalue weighted by Crippen LogP contribution is 2.18. The topological polar surface area (TPSA) is 44.1 Å². The molecule has 2 rings (SSSR count). The number of rotatable bonds is 2. The van der Waals surface area contributed by atoms with E-state index in [-0.39, 0.29) is 5.91 Å². The zero-order valence-corrected chi connectivity index (χ0v) is 11.9. The van der Waals surface area contributed by atoms with E-state index in [0.29, 0.717) is 16.8 Å². The number of nitrogens with zero attached hydrogens (tertiary/aromatic N) is 2. The Morgan fingerprint density at radius 3 is 2.53 bits per heavy atom. The third-order valence-electron chi connectivity index (χ3n) is 2.76. The van der Waals surface area contributed by atoms with Crippen LogP contribution in [0.1, 0.15) is 15.9 Å². The number of anilines is 1. The van der Waals surface area contributed by atoms with Crippen LogP contribution in [0.5, 0.6) is 0 Å². The van der Waals surface area contributed by atoms with Crippen molar-refractivity contribution in [3.05, 3.63) is 64.1 Å². The normalized spacial score (nSPS) is 9.74. The molecule has 0 aromatic heterocycles. The van der Waals surface area contributed by atoms with Gasteiger partial charge in [0.15, 0.2) is 0 Å². The van der Waals surface area contributed by atoms with Crippen LogP contribution in [-0.4, -0.2) is 13.0 Å². The Bertz CT molecular complexity index is 644. The molecule has 2 aromatic carbocycles. The van der Waals surface area contributed by atoms with E-state index in [0.717, 1.165) is 4.47 Å². The number of hydrogen-bond acceptors (Lipinski definition) is 2. The van der Waals surface area contributed by atoms with Crippen LogP contribution in [-0.2, 0) is 0 Å². The fraction of sp³-hybridized carbons (Fsp3) is 0.0667. The monoisotopic (exact) mass is 314 g/mol. The fourth-order valence-corrected chi connectivity index (χ4v) is 1.95. The maximum Gasteiger partial charge on any atom is 0.258 e. The summed E-state index contributed by atoms with van der Waals surface area (Å²) in [4.78, 5) is 13.8. The van der Waals surface area contributed by atoms with Crippen molar-refractivity contribution >= 4 is 27.5 Å². The van der Waals surface area contributed by atoms with E-state index in [1.807, 2.05) is 12.1 Å². The minimum atomic E-state index is -0.109.